The van der Waals surface area contributed by atoms with Crippen molar-refractivity contribution >= 4 is 12.1 Å². The maximum absolute atomic E-state index is 11.5. The van der Waals surface area contributed by atoms with Crippen molar-refractivity contribution in [2.75, 3.05) is 11.9 Å². The molecule has 1 aromatic rings. The van der Waals surface area contributed by atoms with Crippen molar-refractivity contribution in [2.45, 2.75) is 26.4 Å². The number of oxazole rings is 1. The third kappa shape index (κ3) is 2.76. The number of carbonyl (C=O) groups is 1. The number of ether oxygens (including phenoxy) is 1. The molecule has 0 fully saturated rings. The summed E-state index contributed by atoms with van der Waals surface area (Å²) in [6.45, 7) is 5.40. The number of aromatic nitrogens is 1. The molecule has 0 spiro atoms. The molecular weight excluding hydrogens is 184 g/mol. The molecule has 14 heavy (non-hydrogen) atoms. The summed E-state index contributed by atoms with van der Waals surface area (Å²) < 4.78 is 10.1. The van der Waals surface area contributed by atoms with E-state index in [-0.39, 0.29) is 6.01 Å². The Morgan fingerprint density at radius 2 is 2.21 bits per heavy atom. The third-order valence-electron chi connectivity index (χ3n) is 1.37. The van der Waals surface area contributed by atoms with Crippen LogP contribution in [0.5, 0.6) is 0 Å². The number of hydrogen-bond donors (Lipinski definition) is 0. The molecule has 0 saturated carbocycles. The summed E-state index contributed by atoms with van der Waals surface area (Å²) in [5.41, 5.74) is -0.516. The average Bonchev–Trinajstić information content (AvgIpc) is 2.51. The Labute approximate surface area is 82.7 Å². The number of anilines is 1. The molecule has 5 heteroatoms. The molecule has 78 valence electrons. The first-order valence-electron chi connectivity index (χ1n) is 4.26. The van der Waals surface area contributed by atoms with Crippen LogP contribution >= 0.6 is 0 Å². The van der Waals surface area contributed by atoms with E-state index >= 15 is 0 Å². The van der Waals surface area contributed by atoms with Gasteiger partial charge in [0.25, 0.3) is 0 Å². The summed E-state index contributed by atoms with van der Waals surface area (Å²) >= 11 is 0. The van der Waals surface area contributed by atoms with Gasteiger partial charge in [0.2, 0.25) is 0 Å². The zero-order chi connectivity index (χ0) is 10.8. The Kier molecular flexibility index (Phi) is 2.78. The molecule has 1 amide bonds. The number of hydrogen-bond acceptors (Lipinski definition) is 4. The molecule has 0 bridgehead atoms. The van der Waals surface area contributed by atoms with Gasteiger partial charge in [-0.2, -0.15) is 0 Å². The van der Waals surface area contributed by atoms with Gasteiger partial charge in [-0.15, -0.1) is 0 Å². The molecule has 0 radical (unpaired) electrons. The van der Waals surface area contributed by atoms with Gasteiger partial charge in [0, 0.05) is 7.05 Å². The first kappa shape index (κ1) is 10.6. The fourth-order valence-electron chi connectivity index (χ4n) is 0.790. The molecule has 1 rings (SSSR count). The molecule has 1 aromatic heterocycles. The lowest BCUT2D eigenvalue weighted by Gasteiger charge is -2.22. The van der Waals surface area contributed by atoms with Gasteiger partial charge in [-0.1, -0.05) is 0 Å². The first-order chi connectivity index (χ1) is 6.40. The van der Waals surface area contributed by atoms with Crippen LogP contribution < -0.4 is 4.90 Å². The summed E-state index contributed by atoms with van der Waals surface area (Å²) in [5, 5.41) is 0. The van der Waals surface area contributed by atoms with Crippen LogP contribution in [0.2, 0.25) is 0 Å². The predicted molar refractivity (Wildman–Crippen MR) is 51.1 cm³/mol. The molecule has 0 aliphatic heterocycles. The van der Waals surface area contributed by atoms with Crippen LogP contribution in [0.15, 0.2) is 16.9 Å². The van der Waals surface area contributed by atoms with Gasteiger partial charge in [0.1, 0.15) is 11.9 Å². The van der Waals surface area contributed by atoms with E-state index < -0.39 is 11.7 Å². The third-order valence-corrected chi connectivity index (χ3v) is 1.37. The molecule has 0 N–H and O–H groups in total. The van der Waals surface area contributed by atoms with Crippen molar-refractivity contribution < 1.29 is 13.9 Å². The van der Waals surface area contributed by atoms with Crippen molar-refractivity contribution in [3.05, 3.63) is 12.5 Å². The summed E-state index contributed by atoms with van der Waals surface area (Å²) in [6, 6.07) is 0.222. The van der Waals surface area contributed by atoms with Crippen molar-refractivity contribution in [2.24, 2.45) is 0 Å². The van der Waals surface area contributed by atoms with Gasteiger partial charge < -0.3 is 9.15 Å². The summed E-state index contributed by atoms with van der Waals surface area (Å²) in [5.74, 6) is 0. The lowest BCUT2D eigenvalue weighted by molar-refractivity contribution is 0.0582. The molecule has 0 saturated heterocycles. The summed E-state index contributed by atoms with van der Waals surface area (Å²) in [4.78, 5) is 16.5. The van der Waals surface area contributed by atoms with E-state index in [1.165, 1.54) is 17.4 Å². The van der Waals surface area contributed by atoms with Crippen molar-refractivity contribution in [3.63, 3.8) is 0 Å². The maximum Gasteiger partial charge on any atom is 0.418 e. The van der Waals surface area contributed by atoms with Crippen LogP contribution in [0, 0.1) is 0 Å². The highest BCUT2D eigenvalue weighted by molar-refractivity contribution is 5.84. The second-order valence-corrected chi connectivity index (χ2v) is 3.85. The van der Waals surface area contributed by atoms with Gasteiger partial charge in [-0.3, -0.25) is 0 Å². The summed E-state index contributed by atoms with van der Waals surface area (Å²) in [6.07, 6.45) is 2.38. The molecular formula is C9H14N2O3. The minimum Gasteiger partial charge on any atom is -0.443 e. The van der Waals surface area contributed by atoms with E-state index in [4.69, 9.17) is 9.15 Å². The topological polar surface area (TPSA) is 55.6 Å². The molecule has 1 heterocycles. The number of rotatable bonds is 1. The van der Waals surface area contributed by atoms with Gasteiger partial charge in [0.05, 0.1) is 6.20 Å². The largest absolute Gasteiger partial charge is 0.443 e. The van der Waals surface area contributed by atoms with E-state index in [2.05, 4.69) is 4.98 Å². The van der Waals surface area contributed by atoms with E-state index in [1.54, 1.807) is 27.8 Å². The fraction of sp³-hybridized carbons (Fsp3) is 0.556. The Bertz CT molecular complexity index is 300. The summed E-state index contributed by atoms with van der Waals surface area (Å²) in [7, 11) is 1.54. The predicted octanol–water partition coefficient (Wildman–Crippen LogP) is 2.05. The van der Waals surface area contributed by atoms with Crippen LogP contribution in [0.1, 0.15) is 20.8 Å². The van der Waals surface area contributed by atoms with Gasteiger partial charge in [-0.25, -0.2) is 14.7 Å². The molecule has 0 aliphatic rings. The quantitative estimate of drug-likeness (QED) is 0.693. The lowest BCUT2D eigenvalue weighted by Crippen LogP contribution is -2.34. The fourth-order valence-corrected chi connectivity index (χ4v) is 0.790. The van der Waals surface area contributed by atoms with Gasteiger partial charge >= 0.3 is 12.1 Å². The second kappa shape index (κ2) is 3.69. The molecule has 0 unspecified atom stereocenters. The monoisotopic (exact) mass is 198 g/mol. The van der Waals surface area contributed by atoms with Gasteiger partial charge in [0.15, 0.2) is 0 Å². The zero-order valence-corrected chi connectivity index (χ0v) is 8.77. The minimum absolute atomic E-state index is 0.222. The molecule has 0 atom stereocenters. The lowest BCUT2D eigenvalue weighted by atomic mass is 10.2. The van der Waals surface area contributed by atoms with E-state index in [9.17, 15) is 4.79 Å². The number of amides is 1. The normalized spacial score (nSPS) is 11.1. The number of carbonyl (C=O) groups excluding carboxylic acids is 1. The first-order valence-corrected chi connectivity index (χ1v) is 4.26. The highest BCUT2D eigenvalue weighted by atomic mass is 16.6. The highest BCUT2D eigenvalue weighted by Gasteiger charge is 2.22. The van der Waals surface area contributed by atoms with E-state index in [1.807, 2.05) is 0 Å². The van der Waals surface area contributed by atoms with E-state index in [0.29, 0.717) is 0 Å². The second-order valence-electron chi connectivity index (χ2n) is 3.85. The molecule has 0 aliphatic carbocycles. The van der Waals surface area contributed by atoms with Gasteiger partial charge in [-0.05, 0) is 20.8 Å². The standard InChI is InChI=1S/C9H14N2O3/c1-9(2,3)14-8(12)11(4)7-10-5-6-13-7/h5-6H,1-4H3. The minimum atomic E-state index is -0.516. The molecule has 5 nitrogen and oxygen atoms in total. The number of nitrogens with zero attached hydrogens (tertiary/aromatic N) is 2. The maximum atomic E-state index is 11.5. The smallest absolute Gasteiger partial charge is 0.418 e. The van der Waals surface area contributed by atoms with Crippen molar-refractivity contribution in [1.82, 2.24) is 4.98 Å². The Morgan fingerprint density at radius 1 is 1.57 bits per heavy atom. The molecule has 0 aromatic carbocycles. The highest BCUT2D eigenvalue weighted by Crippen LogP contribution is 2.13. The average molecular weight is 198 g/mol. The van der Waals surface area contributed by atoms with E-state index in [0.717, 1.165) is 0 Å². The Balaban J connectivity index is 2.63. The van der Waals surface area contributed by atoms with Crippen LogP contribution in [-0.4, -0.2) is 23.7 Å². The Morgan fingerprint density at radius 3 is 2.64 bits per heavy atom. The van der Waals surface area contributed by atoms with Crippen molar-refractivity contribution in [1.29, 1.82) is 0 Å². The van der Waals surface area contributed by atoms with Crippen LogP contribution in [0.3, 0.4) is 0 Å². The van der Waals surface area contributed by atoms with Crippen LogP contribution in [-0.2, 0) is 4.74 Å². The van der Waals surface area contributed by atoms with Crippen molar-refractivity contribution in [3.8, 4) is 0 Å². The van der Waals surface area contributed by atoms with Crippen LogP contribution in [0.4, 0.5) is 10.8 Å². The zero-order valence-electron chi connectivity index (χ0n) is 8.77. The van der Waals surface area contributed by atoms with Crippen LogP contribution in [0.25, 0.3) is 0 Å². The SMILES string of the molecule is CN(C(=O)OC(C)(C)C)c1ncco1. The Hall–Kier alpha value is -1.52.